The van der Waals surface area contributed by atoms with E-state index >= 15 is 0 Å². The Hall–Kier alpha value is -1.65. The van der Waals surface area contributed by atoms with Gasteiger partial charge in [0.15, 0.2) is 11.5 Å². The molecule has 1 N–H and O–H groups in total. The van der Waals surface area contributed by atoms with E-state index in [1.807, 2.05) is 31.3 Å². The molecule has 1 aromatic heterocycles. The predicted octanol–water partition coefficient (Wildman–Crippen LogP) is 3.26. The average Bonchev–Trinajstić information content (AvgIpc) is 2.92. The highest BCUT2D eigenvalue weighted by Crippen LogP contribution is 2.38. The number of rotatable bonds is 5. The average molecular weight is 282 g/mol. The summed E-state index contributed by atoms with van der Waals surface area (Å²) in [5, 5.41) is 3.69. The summed E-state index contributed by atoms with van der Waals surface area (Å²) in [6, 6.07) is 7.39. The summed E-state index contributed by atoms with van der Waals surface area (Å²) >= 11 is 6.21. The summed E-state index contributed by atoms with van der Waals surface area (Å²) in [4.78, 5) is 0. The first-order chi connectivity index (χ1) is 9.21. The highest BCUT2D eigenvalue weighted by atomic mass is 35.5. The van der Waals surface area contributed by atoms with Gasteiger partial charge in [0.2, 0.25) is 0 Å². The minimum absolute atomic E-state index is 0.0905. The molecular formula is C14H16ClNO3. The van der Waals surface area contributed by atoms with E-state index in [1.165, 1.54) is 0 Å². The zero-order chi connectivity index (χ0) is 13.8. The Kier molecular flexibility index (Phi) is 4.35. The second-order valence-corrected chi connectivity index (χ2v) is 4.38. The molecule has 0 saturated carbocycles. The molecule has 0 spiro atoms. The third-order valence-electron chi connectivity index (χ3n) is 2.91. The molecule has 19 heavy (non-hydrogen) atoms. The lowest BCUT2D eigenvalue weighted by Gasteiger charge is -2.17. The molecule has 1 heterocycles. The van der Waals surface area contributed by atoms with Gasteiger partial charge in [-0.3, -0.25) is 0 Å². The molecule has 5 heteroatoms. The van der Waals surface area contributed by atoms with Crippen molar-refractivity contribution in [2.45, 2.75) is 6.04 Å². The van der Waals surface area contributed by atoms with E-state index in [-0.39, 0.29) is 6.04 Å². The van der Waals surface area contributed by atoms with E-state index in [2.05, 4.69) is 5.32 Å². The second-order valence-electron chi connectivity index (χ2n) is 3.98. The second kappa shape index (κ2) is 5.99. The summed E-state index contributed by atoms with van der Waals surface area (Å²) in [6.45, 7) is 0. The van der Waals surface area contributed by atoms with Crippen molar-refractivity contribution in [1.82, 2.24) is 5.32 Å². The van der Waals surface area contributed by atoms with E-state index < -0.39 is 0 Å². The first kappa shape index (κ1) is 13.8. The van der Waals surface area contributed by atoms with Gasteiger partial charge < -0.3 is 19.2 Å². The number of ether oxygens (including phenoxy) is 2. The van der Waals surface area contributed by atoms with E-state index in [1.54, 1.807) is 20.5 Å². The molecule has 4 nitrogen and oxygen atoms in total. The lowest BCUT2D eigenvalue weighted by molar-refractivity contribution is 0.354. The molecule has 0 aliphatic heterocycles. The minimum Gasteiger partial charge on any atom is -0.493 e. The van der Waals surface area contributed by atoms with Crippen molar-refractivity contribution >= 4 is 11.6 Å². The summed E-state index contributed by atoms with van der Waals surface area (Å²) in [7, 11) is 5.00. The molecule has 102 valence electrons. The van der Waals surface area contributed by atoms with Crippen molar-refractivity contribution in [3.8, 4) is 11.5 Å². The molecule has 1 unspecified atom stereocenters. The number of halogens is 1. The first-order valence-corrected chi connectivity index (χ1v) is 6.21. The van der Waals surface area contributed by atoms with Crippen LogP contribution in [0.3, 0.4) is 0 Å². The monoisotopic (exact) mass is 281 g/mol. The Bertz CT molecular complexity index is 540. The van der Waals surface area contributed by atoms with Crippen LogP contribution in [0.4, 0.5) is 0 Å². The van der Waals surface area contributed by atoms with Gasteiger partial charge in [-0.15, -0.1) is 0 Å². The number of hydrogen-bond acceptors (Lipinski definition) is 4. The molecule has 0 aliphatic rings. The molecule has 0 fully saturated rings. The van der Waals surface area contributed by atoms with Crippen molar-refractivity contribution in [2.24, 2.45) is 0 Å². The van der Waals surface area contributed by atoms with Gasteiger partial charge in [0.1, 0.15) is 5.76 Å². The highest BCUT2D eigenvalue weighted by Gasteiger charge is 2.19. The number of hydrogen-bond donors (Lipinski definition) is 1. The van der Waals surface area contributed by atoms with Crippen molar-refractivity contribution in [3.63, 3.8) is 0 Å². The van der Waals surface area contributed by atoms with Gasteiger partial charge in [-0.1, -0.05) is 11.6 Å². The smallest absolute Gasteiger partial charge is 0.179 e. The van der Waals surface area contributed by atoms with Crippen molar-refractivity contribution in [2.75, 3.05) is 21.3 Å². The molecule has 0 bridgehead atoms. The predicted molar refractivity (Wildman–Crippen MR) is 74.2 cm³/mol. The number of methoxy groups -OCH3 is 2. The fourth-order valence-corrected chi connectivity index (χ4v) is 2.33. The fraction of sp³-hybridized carbons (Fsp3) is 0.286. The zero-order valence-electron chi connectivity index (χ0n) is 11.1. The highest BCUT2D eigenvalue weighted by molar-refractivity contribution is 6.32. The molecule has 0 aliphatic carbocycles. The largest absolute Gasteiger partial charge is 0.493 e. The third-order valence-corrected chi connectivity index (χ3v) is 3.19. The molecule has 2 aromatic rings. The van der Waals surface area contributed by atoms with Crippen LogP contribution in [0.5, 0.6) is 11.5 Å². The van der Waals surface area contributed by atoms with Crippen LogP contribution in [-0.4, -0.2) is 21.3 Å². The maximum atomic E-state index is 6.21. The van der Waals surface area contributed by atoms with Crippen LogP contribution in [0.1, 0.15) is 17.4 Å². The van der Waals surface area contributed by atoms with Crippen LogP contribution in [0, 0.1) is 0 Å². The SMILES string of the molecule is CNC(c1cc(Cl)c(OC)c(OC)c1)c1ccco1. The van der Waals surface area contributed by atoms with Crippen molar-refractivity contribution < 1.29 is 13.9 Å². The summed E-state index contributed by atoms with van der Waals surface area (Å²) in [5.41, 5.74) is 0.945. The molecule has 0 amide bonds. The quantitative estimate of drug-likeness (QED) is 0.914. The Labute approximate surface area is 117 Å². The normalized spacial score (nSPS) is 12.2. The molecule has 0 radical (unpaired) electrons. The standard InChI is InChI=1S/C14H16ClNO3/c1-16-13(11-5-4-6-19-11)9-7-10(15)14(18-3)12(8-9)17-2/h4-8,13,16H,1-3H3. The van der Waals surface area contributed by atoms with E-state index in [9.17, 15) is 0 Å². The first-order valence-electron chi connectivity index (χ1n) is 5.83. The van der Waals surface area contributed by atoms with Gasteiger partial charge in [0, 0.05) is 0 Å². The van der Waals surface area contributed by atoms with Gasteiger partial charge in [0.05, 0.1) is 31.5 Å². The summed E-state index contributed by atoms with van der Waals surface area (Å²) in [5.74, 6) is 1.94. The maximum Gasteiger partial charge on any atom is 0.179 e. The molecular weight excluding hydrogens is 266 g/mol. The van der Waals surface area contributed by atoms with Gasteiger partial charge in [-0.25, -0.2) is 0 Å². The van der Waals surface area contributed by atoms with Gasteiger partial charge in [-0.05, 0) is 36.9 Å². The lowest BCUT2D eigenvalue weighted by atomic mass is 10.0. The molecule has 2 rings (SSSR count). The molecule has 1 aromatic carbocycles. The Morgan fingerprint density at radius 2 is 2.05 bits per heavy atom. The van der Waals surface area contributed by atoms with E-state index in [0.29, 0.717) is 16.5 Å². The van der Waals surface area contributed by atoms with E-state index in [4.69, 9.17) is 25.5 Å². The van der Waals surface area contributed by atoms with Crippen LogP contribution < -0.4 is 14.8 Å². The number of benzene rings is 1. The van der Waals surface area contributed by atoms with Gasteiger partial charge >= 0.3 is 0 Å². The van der Waals surface area contributed by atoms with Gasteiger partial charge in [-0.2, -0.15) is 0 Å². The Morgan fingerprint density at radius 3 is 2.58 bits per heavy atom. The molecule has 0 saturated heterocycles. The summed E-state index contributed by atoms with van der Waals surface area (Å²) < 4.78 is 16.0. The van der Waals surface area contributed by atoms with E-state index in [0.717, 1.165) is 11.3 Å². The van der Waals surface area contributed by atoms with Crippen LogP contribution in [0.2, 0.25) is 5.02 Å². The van der Waals surface area contributed by atoms with Crippen molar-refractivity contribution in [3.05, 3.63) is 46.9 Å². The Balaban J connectivity index is 2.47. The van der Waals surface area contributed by atoms with Crippen LogP contribution in [-0.2, 0) is 0 Å². The number of nitrogens with one attached hydrogen (secondary N) is 1. The summed E-state index contributed by atoms with van der Waals surface area (Å²) in [6.07, 6.45) is 1.64. The number of furan rings is 1. The van der Waals surface area contributed by atoms with Crippen LogP contribution in [0.25, 0.3) is 0 Å². The fourth-order valence-electron chi connectivity index (χ4n) is 2.03. The van der Waals surface area contributed by atoms with Gasteiger partial charge in [0.25, 0.3) is 0 Å². The Morgan fingerprint density at radius 1 is 1.26 bits per heavy atom. The zero-order valence-corrected chi connectivity index (χ0v) is 11.8. The molecule has 1 atom stereocenters. The topological polar surface area (TPSA) is 43.6 Å². The van der Waals surface area contributed by atoms with Crippen molar-refractivity contribution in [1.29, 1.82) is 0 Å². The third kappa shape index (κ3) is 2.69. The van der Waals surface area contributed by atoms with Crippen LogP contribution in [0.15, 0.2) is 34.9 Å². The van der Waals surface area contributed by atoms with Crippen LogP contribution >= 0.6 is 11.6 Å². The maximum absolute atomic E-state index is 6.21. The lowest BCUT2D eigenvalue weighted by Crippen LogP contribution is -2.17. The minimum atomic E-state index is -0.0905.